The van der Waals surface area contributed by atoms with E-state index in [1.807, 2.05) is 0 Å². The van der Waals surface area contributed by atoms with Crippen LogP contribution in [-0.4, -0.2) is 117 Å². The van der Waals surface area contributed by atoms with Gasteiger partial charge >= 0.3 is 0 Å². The molecular formula is C47H69B15N2. The summed E-state index contributed by atoms with van der Waals surface area (Å²) < 4.78 is 0. The van der Waals surface area contributed by atoms with Gasteiger partial charge in [0.1, 0.15) is 110 Å². The second-order valence-electron chi connectivity index (χ2n) is 24.8. The number of hydrogen-bond acceptors (Lipinski definition) is 2. The highest BCUT2D eigenvalue weighted by Gasteiger charge is 2.49. The van der Waals surface area contributed by atoms with E-state index in [4.69, 9.17) is 0 Å². The summed E-state index contributed by atoms with van der Waals surface area (Å²) in [4.78, 5) is 5.55. The van der Waals surface area contributed by atoms with E-state index >= 15 is 0 Å². The predicted molar refractivity (Wildman–Crippen MR) is 334 cm³/mol. The molecule has 0 N–H and O–H groups in total. The first-order valence-corrected chi connectivity index (χ1v) is 24.4. The number of fused-ring (bicyclic) bond motifs is 4. The summed E-state index contributed by atoms with van der Waals surface area (Å²) in [6, 6.07) is 5.09. The fourth-order valence-corrected chi connectivity index (χ4v) is 13.9. The standard InChI is InChI=1S/C47H69B15N2/c1-16-14-17-37-18(15-16)64(41-33(58)25(50)20(45(5,6)7)26(51)34(41)59)43-36(61)28(53)22(47(11,12)13)30(55)39(43)62(37)38-29(54)21(46(8,9)10)27(52)35(60)42(38)63(17)40-31(56)23(48)19(44(2,3)4)24(49)32(40)57/h14-15H,48-61H2,1-13H3. The van der Waals surface area contributed by atoms with Gasteiger partial charge in [0.25, 0.3) is 6.71 Å². The van der Waals surface area contributed by atoms with Crippen LogP contribution in [0.1, 0.15) is 111 Å². The number of hydrogen-bond donors (Lipinski definition) is 0. The van der Waals surface area contributed by atoms with Crippen LogP contribution in [0.15, 0.2) is 12.1 Å². The molecule has 312 valence electrons. The fourth-order valence-electron chi connectivity index (χ4n) is 13.9. The Morgan fingerprint density at radius 1 is 0.312 bits per heavy atom. The Morgan fingerprint density at radius 2 is 0.531 bits per heavy atom. The lowest BCUT2D eigenvalue weighted by Crippen LogP contribution is -2.73. The minimum Gasteiger partial charge on any atom is -0.313 e. The van der Waals surface area contributed by atoms with E-state index < -0.39 is 0 Å². The molecule has 2 aliphatic rings. The largest absolute Gasteiger partial charge is 0.313 e. The Labute approximate surface area is 402 Å². The van der Waals surface area contributed by atoms with Gasteiger partial charge in [-0.25, -0.2) is 0 Å². The van der Waals surface area contributed by atoms with Crippen LogP contribution in [0, 0.1) is 6.92 Å². The van der Waals surface area contributed by atoms with E-state index in [0.717, 1.165) is 0 Å². The molecule has 0 amide bonds. The zero-order chi connectivity index (χ0) is 48.3. The molecule has 0 unspecified atom stereocenters. The van der Waals surface area contributed by atoms with Crippen molar-refractivity contribution in [3.63, 3.8) is 0 Å². The van der Waals surface area contributed by atoms with Crippen LogP contribution < -0.4 is 103 Å². The summed E-state index contributed by atoms with van der Waals surface area (Å²) >= 11 is 0. The van der Waals surface area contributed by atoms with Gasteiger partial charge in [-0.2, -0.15) is 0 Å². The molecule has 0 aliphatic carbocycles. The van der Waals surface area contributed by atoms with E-state index in [-0.39, 0.29) is 28.4 Å². The molecule has 2 heterocycles. The second-order valence-corrected chi connectivity index (χ2v) is 24.8. The third kappa shape index (κ3) is 6.86. The fraction of sp³-hybridized carbons (Fsp3) is 0.362. The molecule has 5 aromatic carbocycles. The van der Waals surface area contributed by atoms with Gasteiger partial charge in [0.2, 0.25) is 0 Å². The topological polar surface area (TPSA) is 6.48 Å². The number of aryl methyl sites for hydroxylation is 1. The molecule has 2 nitrogen and oxygen atoms in total. The van der Waals surface area contributed by atoms with Gasteiger partial charge in [0.05, 0.1) is 0 Å². The first-order valence-electron chi connectivity index (χ1n) is 24.4. The highest BCUT2D eigenvalue weighted by atomic mass is 15.2. The van der Waals surface area contributed by atoms with Crippen molar-refractivity contribution < 1.29 is 0 Å². The summed E-state index contributed by atoms with van der Waals surface area (Å²) in [5.41, 5.74) is 39.4. The average Bonchev–Trinajstić information content (AvgIpc) is 3.13. The van der Waals surface area contributed by atoms with Crippen LogP contribution in [-0.2, 0) is 21.7 Å². The quantitative estimate of drug-likeness (QED) is 0.160. The van der Waals surface area contributed by atoms with Crippen molar-refractivity contribution in [1.29, 1.82) is 0 Å². The first-order chi connectivity index (χ1) is 29.1. The molecular weight excluding hydrogens is 755 g/mol. The van der Waals surface area contributed by atoms with Crippen LogP contribution in [0.3, 0.4) is 0 Å². The van der Waals surface area contributed by atoms with Crippen molar-refractivity contribution in [3.05, 3.63) is 39.9 Å². The van der Waals surface area contributed by atoms with Gasteiger partial charge < -0.3 is 9.80 Å². The average molecular weight is 824 g/mol. The van der Waals surface area contributed by atoms with E-state index in [1.54, 1.807) is 0 Å². The minimum atomic E-state index is -0.0427. The molecule has 0 spiro atoms. The normalized spacial score (nSPS) is 13.9. The smallest absolute Gasteiger partial charge is 0.250 e. The van der Waals surface area contributed by atoms with Crippen molar-refractivity contribution in [2.24, 2.45) is 0 Å². The maximum atomic E-state index is 2.78. The van der Waals surface area contributed by atoms with Crippen molar-refractivity contribution in [2.45, 2.75) is 112 Å². The zero-order valence-electron chi connectivity index (χ0n) is 45.6. The van der Waals surface area contributed by atoms with E-state index in [9.17, 15) is 0 Å². The highest BCUT2D eigenvalue weighted by molar-refractivity contribution is 7.04. The predicted octanol–water partition coefficient (Wildman–Crippen LogP) is -13.1. The molecule has 7 rings (SSSR count). The van der Waals surface area contributed by atoms with Crippen molar-refractivity contribution in [3.8, 4) is 0 Å². The Morgan fingerprint density at radius 3 is 0.766 bits per heavy atom. The van der Waals surface area contributed by atoms with Crippen molar-refractivity contribution in [1.82, 2.24) is 0 Å². The Kier molecular flexibility index (Phi) is 11.7. The highest BCUT2D eigenvalue weighted by Crippen LogP contribution is 2.42. The molecule has 0 radical (unpaired) electrons. The van der Waals surface area contributed by atoms with Crippen LogP contribution in [0.4, 0.5) is 34.1 Å². The first kappa shape index (κ1) is 48.6. The van der Waals surface area contributed by atoms with E-state index in [1.165, 1.54) is 155 Å². The summed E-state index contributed by atoms with van der Waals surface area (Å²) in [7, 11) is 33.8. The maximum Gasteiger partial charge on any atom is 0.250 e. The lowest BCUT2D eigenvalue weighted by molar-refractivity contribution is 0.598. The van der Waals surface area contributed by atoms with Crippen LogP contribution in [0.2, 0.25) is 0 Å². The van der Waals surface area contributed by atoms with Crippen molar-refractivity contribution >= 4 is 244 Å². The Balaban J connectivity index is 1.83. The van der Waals surface area contributed by atoms with Crippen LogP contribution in [0.5, 0.6) is 0 Å². The molecule has 0 saturated carbocycles. The van der Waals surface area contributed by atoms with Crippen LogP contribution >= 0.6 is 0 Å². The summed E-state index contributed by atoms with van der Waals surface area (Å²) in [6.45, 7) is 31.2. The SMILES string of the molecule is Bc1c(B)c(C(C)(C)C)c(B)c(B)c1N1c2cc(C)cc3c2B(c2c(B)c(C(C)(C)C)c(B)c(B)c21)c1c(B)c(C(C)(C)C)c(B)c(B)c1N3c1c(B)c(B)c(C(C)(C)C)c(B)c1B. The second kappa shape index (κ2) is 15.4. The minimum absolute atomic E-state index is 0.0251. The molecule has 5 aromatic rings. The third-order valence-corrected chi connectivity index (χ3v) is 16.3. The van der Waals surface area contributed by atoms with Gasteiger partial charge in [-0.15, -0.1) is 0 Å². The molecule has 64 heavy (non-hydrogen) atoms. The number of nitrogens with zero attached hydrogens (tertiary/aromatic N) is 2. The lowest BCUT2D eigenvalue weighted by Gasteiger charge is -2.50. The number of anilines is 6. The molecule has 0 bridgehead atoms. The van der Waals surface area contributed by atoms with Gasteiger partial charge in [0, 0.05) is 34.1 Å². The summed E-state index contributed by atoms with van der Waals surface area (Å²) in [5, 5.41) is 0. The third-order valence-electron chi connectivity index (χ3n) is 16.3. The van der Waals surface area contributed by atoms with E-state index in [2.05, 4.69) is 222 Å². The zero-order valence-corrected chi connectivity index (χ0v) is 45.6. The molecule has 0 aromatic heterocycles. The summed E-state index contributed by atoms with van der Waals surface area (Å²) in [6.07, 6.45) is 0. The molecule has 0 fully saturated rings. The maximum absolute atomic E-state index is 2.78. The molecule has 0 atom stereocenters. The number of rotatable bonds is 2. The van der Waals surface area contributed by atoms with Gasteiger partial charge in [-0.1, -0.05) is 193 Å². The molecule has 0 saturated heterocycles. The van der Waals surface area contributed by atoms with Crippen molar-refractivity contribution in [2.75, 3.05) is 9.80 Å². The molecule has 2 aliphatic heterocycles. The Hall–Kier alpha value is -3.33. The molecule has 17 heteroatoms. The summed E-state index contributed by atoms with van der Waals surface area (Å²) in [5.74, 6) is 0. The number of benzene rings is 5. The van der Waals surface area contributed by atoms with Gasteiger partial charge in [0.15, 0.2) is 0 Å². The van der Waals surface area contributed by atoms with Gasteiger partial charge in [-0.3, -0.25) is 0 Å². The monoisotopic (exact) mass is 827 g/mol. The van der Waals surface area contributed by atoms with Crippen LogP contribution in [0.25, 0.3) is 0 Å². The van der Waals surface area contributed by atoms with Gasteiger partial charge in [-0.05, 0) is 51.7 Å². The lowest BCUT2D eigenvalue weighted by atomic mass is 9.29. The Bertz CT molecular complexity index is 2640. The van der Waals surface area contributed by atoms with E-state index in [0.29, 0.717) is 0 Å².